The van der Waals surface area contributed by atoms with Gasteiger partial charge in [-0.05, 0) is 25.5 Å². The van der Waals surface area contributed by atoms with Crippen LogP contribution in [0.1, 0.15) is 13.3 Å². The molecule has 2 atom stereocenters. The van der Waals surface area contributed by atoms with Crippen LogP contribution < -0.4 is 10.5 Å². The summed E-state index contributed by atoms with van der Waals surface area (Å²) in [5.41, 5.74) is 6.25. The van der Waals surface area contributed by atoms with Crippen LogP contribution in [0.3, 0.4) is 0 Å². The zero-order chi connectivity index (χ0) is 13.8. The van der Waals surface area contributed by atoms with Gasteiger partial charge in [0.05, 0.1) is 6.10 Å². The first kappa shape index (κ1) is 13.7. The summed E-state index contributed by atoms with van der Waals surface area (Å²) in [6.45, 7) is 3.07. The van der Waals surface area contributed by atoms with Gasteiger partial charge in [0.25, 0.3) is 5.91 Å². The number of aliphatic hydroxyl groups excluding tert-OH is 1. The molecule has 0 aromatic heterocycles. The summed E-state index contributed by atoms with van der Waals surface area (Å²) in [5.74, 6) is 0.724. The topological polar surface area (TPSA) is 75.8 Å². The normalized spacial score (nSPS) is 20.3. The first-order chi connectivity index (χ1) is 9.06. The molecule has 1 aromatic carbocycles. The third kappa shape index (κ3) is 3.61. The summed E-state index contributed by atoms with van der Waals surface area (Å²) < 4.78 is 5.42. The number of anilines is 1. The number of likely N-dealkylation sites (tertiary alicyclic amines) is 1. The number of benzene rings is 1. The SMILES string of the molecule is CC(O)C1CCN(C(=O)COc2cccc(N)c2)C1. The van der Waals surface area contributed by atoms with E-state index in [4.69, 9.17) is 10.5 Å². The summed E-state index contributed by atoms with van der Waals surface area (Å²) in [5, 5.41) is 9.51. The minimum atomic E-state index is -0.368. The standard InChI is InChI=1S/C14H20N2O3/c1-10(17)11-5-6-16(8-11)14(18)9-19-13-4-2-3-12(15)7-13/h2-4,7,10-11,17H,5-6,8-9,15H2,1H3. The van der Waals surface area contributed by atoms with Crippen molar-refractivity contribution in [1.82, 2.24) is 4.90 Å². The van der Waals surface area contributed by atoms with Crippen molar-refractivity contribution in [3.05, 3.63) is 24.3 Å². The van der Waals surface area contributed by atoms with Crippen LogP contribution in [-0.2, 0) is 4.79 Å². The monoisotopic (exact) mass is 264 g/mol. The van der Waals surface area contributed by atoms with Crippen LogP contribution in [0.2, 0.25) is 0 Å². The van der Waals surface area contributed by atoms with E-state index in [9.17, 15) is 9.90 Å². The van der Waals surface area contributed by atoms with Crippen molar-refractivity contribution in [2.24, 2.45) is 5.92 Å². The second kappa shape index (κ2) is 5.93. The quantitative estimate of drug-likeness (QED) is 0.791. The summed E-state index contributed by atoms with van der Waals surface area (Å²) in [6, 6.07) is 7.01. The molecule has 1 aliphatic heterocycles. The molecule has 0 bridgehead atoms. The molecule has 19 heavy (non-hydrogen) atoms. The molecule has 1 aromatic rings. The number of ether oxygens (including phenoxy) is 1. The van der Waals surface area contributed by atoms with E-state index in [1.807, 2.05) is 0 Å². The average Bonchev–Trinajstić information content (AvgIpc) is 2.86. The maximum Gasteiger partial charge on any atom is 0.260 e. The summed E-state index contributed by atoms with van der Waals surface area (Å²) in [7, 11) is 0. The van der Waals surface area contributed by atoms with Crippen LogP contribution in [0.4, 0.5) is 5.69 Å². The van der Waals surface area contributed by atoms with Crippen molar-refractivity contribution in [2.45, 2.75) is 19.4 Å². The molecule has 2 rings (SSSR count). The highest BCUT2D eigenvalue weighted by Gasteiger charge is 2.29. The molecule has 0 spiro atoms. The lowest BCUT2D eigenvalue weighted by Crippen LogP contribution is -2.34. The first-order valence-electron chi connectivity index (χ1n) is 6.50. The number of carbonyl (C=O) groups is 1. The van der Waals surface area contributed by atoms with E-state index >= 15 is 0 Å². The van der Waals surface area contributed by atoms with Gasteiger partial charge in [0.2, 0.25) is 0 Å². The predicted octanol–water partition coefficient (Wildman–Crippen LogP) is 0.877. The van der Waals surface area contributed by atoms with E-state index in [1.165, 1.54) is 0 Å². The highest BCUT2D eigenvalue weighted by molar-refractivity contribution is 5.78. The molecule has 104 valence electrons. The zero-order valence-corrected chi connectivity index (χ0v) is 11.1. The summed E-state index contributed by atoms with van der Waals surface area (Å²) >= 11 is 0. The number of rotatable bonds is 4. The molecule has 3 N–H and O–H groups in total. The maximum atomic E-state index is 12.0. The lowest BCUT2D eigenvalue weighted by Gasteiger charge is -2.18. The van der Waals surface area contributed by atoms with Gasteiger partial charge in [-0.25, -0.2) is 0 Å². The fourth-order valence-electron chi connectivity index (χ4n) is 2.25. The van der Waals surface area contributed by atoms with Gasteiger partial charge in [0.1, 0.15) is 5.75 Å². The minimum absolute atomic E-state index is 0.00990. The second-order valence-electron chi connectivity index (χ2n) is 4.99. The van der Waals surface area contributed by atoms with Crippen molar-refractivity contribution in [2.75, 3.05) is 25.4 Å². The van der Waals surface area contributed by atoms with Crippen LogP contribution in [0.5, 0.6) is 5.75 Å². The number of hydrogen-bond acceptors (Lipinski definition) is 4. The number of nitrogen functional groups attached to an aromatic ring is 1. The second-order valence-corrected chi connectivity index (χ2v) is 4.99. The van der Waals surface area contributed by atoms with Crippen LogP contribution in [-0.4, -0.2) is 41.7 Å². The smallest absolute Gasteiger partial charge is 0.260 e. The van der Waals surface area contributed by atoms with Gasteiger partial charge < -0.3 is 20.5 Å². The Bertz CT molecular complexity index is 448. The van der Waals surface area contributed by atoms with Crippen LogP contribution in [0.15, 0.2) is 24.3 Å². The first-order valence-corrected chi connectivity index (χ1v) is 6.50. The average molecular weight is 264 g/mol. The molecule has 1 heterocycles. The number of amides is 1. The predicted molar refractivity (Wildman–Crippen MR) is 72.7 cm³/mol. The van der Waals surface area contributed by atoms with E-state index < -0.39 is 0 Å². The molecule has 0 saturated carbocycles. The highest BCUT2D eigenvalue weighted by Crippen LogP contribution is 2.20. The Morgan fingerprint density at radius 1 is 1.63 bits per heavy atom. The highest BCUT2D eigenvalue weighted by atomic mass is 16.5. The number of hydrogen-bond donors (Lipinski definition) is 2. The lowest BCUT2D eigenvalue weighted by molar-refractivity contribution is -0.132. The van der Waals surface area contributed by atoms with E-state index in [0.29, 0.717) is 24.5 Å². The number of nitrogens with two attached hydrogens (primary N) is 1. The Balaban J connectivity index is 1.82. The van der Waals surface area contributed by atoms with Gasteiger partial charge in [-0.3, -0.25) is 4.79 Å². The van der Waals surface area contributed by atoms with E-state index in [2.05, 4.69) is 0 Å². The maximum absolute atomic E-state index is 12.0. The molecule has 1 aliphatic rings. The van der Waals surface area contributed by atoms with Gasteiger partial charge >= 0.3 is 0 Å². The van der Waals surface area contributed by atoms with E-state index in [0.717, 1.165) is 6.42 Å². The fraction of sp³-hybridized carbons (Fsp3) is 0.500. The Kier molecular flexibility index (Phi) is 4.27. The van der Waals surface area contributed by atoms with Crippen molar-refractivity contribution in [3.8, 4) is 5.75 Å². The molecule has 5 heteroatoms. The minimum Gasteiger partial charge on any atom is -0.484 e. The number of carbonyl (C=O) groups excluding carboxylic acids is 1. The third-order valence-electron chi connectivity index (χ3n) is 3.48. The van der Waals surface area contributed by atoms with Gasteiger partial charge in [-0.1, -0.05) is 6.07 Å². The Morgan fingerprint density at radius 2 is 2.42 bits per heavy atom. The van der Waals surface area contributed by atoms with Crippen molar-refractivity contribution in [3.63, 3.8) is 0 Å². The van der Waals surface area contributed by atoms with Crippen LogP contribution in [0.25, 0.3) is 0 Å². The van der Waals surface area contributed by atoms with E-state index in [-0.39, 0.29) is 24.5 Å². The molecule has 0 radical (unpaired) electrons. The van der Waals surface area contributed by atoms with Crippen LogP contribution in [0, 0.1) is 5.92 Å². The zero-order valence-electron chi connectivity index (χ0n) is 11.1. The Morgan fingerprint density at radius 3 is 3.05 bits per heavy atom. The third-order valence-corrected chi connectivity index (χ3v) is 3.48. The molecule has 1 saturated heterocycles. The molecule has 1 amide bonds. The van der Waals surface area contributed by atoms with Gasteiger partial charge in [-0.15, -0.1) is 0 Å². The van der Waals surface area contributed by atoms with E-state index in [1.54, 1.807) is 36.1 Å². The van der Waals surface area contributed by atoms with Crippen molar-refractivity contribution in [1.29, 1.82) is 0 Å². The van der Waals surface area contributed by atoms with Gasteiger partial charge in [0, 0.05) is 30.8 Å². The van der Waals surface area contributed by atoms with Crippen molar-refractivity contribution >= 4 is 11.6 Å². The van der Waals surface area contributed by atoms with Gasteiger partial charge in [0.15, 0.2) is 6.61 Å². The molecule has 0 aliphatic carbocycles. The Hall–Kier alpha value is -1.75. The Labute approximate surface area is 113 Å². The molecule has 5 nitrogen and oxygen atoms in total. The fourth-order valence-corrected chi connectivity index (χ4v) is 2.25. The number of nitrogens with zero attached hydrogens (tertiary/aromatic N) is 1. The lowest BCUT2D eigenvalue weighted by atomic mass is 10.0. The summed E-state index contributed by atoms with van der Waals surface area (Å²) in [6.07, 6.45) is 0.481. The molecule has 2 unspecified atom stereocenters. The van der Waals surface area contributed by atoms with Crippen LogP contribution >= 0.6 is 0 Å². The molecular weight excluding hydrogens is 244 g/mol. The number of aliphatic hydroxyl groups is 1. The largest absolute Gasteiger partial charge is 0.484 e. The van der Waals surface area contributed by atoms with Crippen molar-refractivity contribution < 1.29 is 14.6 Å². The molecular formula is C14H20N2O3. The summed E-state index contributed by atoms with van der Waals surface area (Å²) in [4.78, 5) is 13.7. The molecule has 1 fully saturated rings. The van der Waals surface area contributed by atoms with Gasteiger partial charge in [-0.2, -0.15) is 0 Å².